The normalized spacial score (nSPS) is 12.3. The largest absolute Gasteiger partial charge is 0.467 e. The summed E-state index contributed by atoms with van der Waals surface area (Å²) in [5.41, 5.74) is 0.508. The van der Waals surface area contributed by atoms with Crippen LogP contribution in [-0.2, 0) is 24.5 Å². The number of furan rings is 1. The van der Waals surface area contributed by atoms with Crippen LogP contribution >= 0.6 is 0 Å². The molecule has 0 N–H and O–H groups in total. The maximum atomic E-state index is 13.6. The summed E-state index contributed by atoms with van der Waals surface area (Å²) in [5, 5.41) is 0. The molecule has 7 nitrogen and oxygen atoms in total. The van der Waals surface area contributed by atoms with E-state index in [1.807, 2.05) is 0 Å². The van der Waals surface area contributed by atoms with E-state index in [1.165, 1.54) is 25.2 Å². The monoisotopic (exact) mass is 490 g/mol. The molecule has 3 aromatic rings. The van der Waals surface area contributed by atoms with E-state index in [2.05, 4.69) is 0 Å². The highest BCUT2D eigenvalue weighted by Gasteiger charge is 2.34. The predicted octanol–water partition coefficient (Wildman–Crippen LogP) is 4.95. The van der Waals surface area contributed by atoms with Crippen molar-refractivity contribution < 1.29 is 36.7 Å². The summed E-state index contributed by atoms with van der Waals surface area (Å²) < 4.78 is 50.6. The number of nitrogens with zero attached hydrogens (tertiary/aromatic N) is 2. The Morgan fingerprint density at radius 2 is 1.74 bits per heavy atom. The van der Waals surface area contributed by atoms with Crippen LogP contribution < -0.4 is 0 Å². The zero-order valence-electron chi connectivity index (χ0n) is 19.9. The fraction of sp³-hybridized carbons (Fsp3) is 0.320. The van der Waals surface area contributed by atoms with Crippen LogP contribution in [-0.4, -0.2) is 40.3 Å². The van der Waals surface area contributed by atoms with Gasteiger partial charge >= 0.3 is 12.1 Å². The van der Waals surface area contributed by atoms with Gasteiger partial charge in [0.15, 0.2) is 5.78 Å². The van der Waals surface area contributed by atoms with Gasteiger partial charge in [0.1, 0.15) is 11.5 Å². The molecule has 0 saturated carbocycles. The number of esters is 1. The second-order valence-corrected chi connectivity index (χ2v) is 8.11. The lowest BCUT2D eigenvalue weighted by molar-refractivity contribution is -0.137. The van der Waals surface area contributed by atoms with E-state index >= 15 is 0 Å². The van der Waals surface area contributed by atoms with Crippen molar-refractivity contribution in [2.75, 3.05) is 7.11 Å². The first-order valence-corrected chi connectivity index (χ1v) is 10.7. The minimum Gasteiger partial charge on any atom is -0.467 e. The quantitative estimate of drug-likeness (QED) is 0.346. The zero-order chi connectivity index (χ0) is 26.1. The fourth-order valence-corrected chi connectivity index (χ4v) is 4.00. The van der Waals surface area contributed by atoms with Gasteiger partial charge in [0.05, 0.1) is 31.5 Å². The van der Waals surface area contributed by atoms with Gasteiger partial charge in [-0.2, -0.15) is 13.2 Å². The number of carbonyl (C=O) groups excluding carboxylic acids is 3. The first kappa shape index (κ1) is 25.8. The van der Waals surface area contributed by atoms with E-state index in [0.29, 0.717) is 17.0 Å². The van der Waals surface area contributed by atoms with Crippen molar-refractivity contribution in [3.05, 3.63) is 82.1 Å². The van der Waals surface area contributed by atoms with Crippen LogP contribution in [0.4, 0.5) is 13.2 Å². The minimum atomic E-state index is -4.54. The summed E-state index contributed by atoms with van der Waals surface area (Å²) in [5.74, 6) is -1.29. The van der Waals surface area contributed by atoms with Crippen LogP contribution in [0.3, 0.4) is 0 Å². The van der Waals surface area contributed by atoms with Crippen LogP contribution in [0.25, 0.3) is 0 Å². The molecule has 0 aliphatic rings. The Kier molecular flexibility index (Phi) is 7.23. The van der Waals surface area contributed by atoms with Crippen molar-refractivity contribution in [3.63, 3.8) is 0 Å². The Morgan fingerprint density at radius 1 is 1.11 bits per heavy atom. The first-order chi connectivity index (χ1) is 16.4. The van der Waals surface area contributed by atoms with E-state index in [-0.39, 0.29) is 23.4 Å². The van der Waals surface area contributed by atoms with Crippen molar-refractivity contribution in [2.45, 2.75) is 39.5 Å². The summed E-state index contributed by atoms with van der Waals surface area (Å²) in [6.45, 7) is 4.73. The number of halogens is 3. The molecule has 0 saturated heterocycles. The van der Waals surface area contributed by atoms with Crippen molar-refractivity contribution in [2.24, 2.45) is 7.05 Å². The maximum absolute atomic E-state index is 13.6. The Hall–Kier alpha value is -3.82. The Bertz CT molecular complexity index is 1240. The molecule has 1 aromatic carbocycles. The number of ketones is 1. The summed E-state index contributed by atoms with van der Waals surface area (Å²) in [6, 6.07) is 6.01. The van der Waals surface area contributed by atoms with E-state index in [4.69, 9.17) is 9.15 Å². The number of hydrogen-bond donors (Lipinski definition) is 0. The molecule has 1 amide bonds. The predicted molar refractivity (Wildman–Crippen MR) is 120 cm³/mol. The molecule has 1 unspecified atom stereocenters. The van der Waals surface area contributed by atoms with Crippen molar-refractivity contribution in [3.8, 4) is 0 Å². The van der Waals surface area contributed by atoms with Gasteiger partial charge in [-0.05, 0) is 62.7 Å². The molecule has 3 rings (SSSR count). The molecule has 0 bridgehead atoms. The number of Topliss-reactive ketones (excluding diaryl/α,β-unsaturated/α-hetero) is 1. The number of rotatable bonds is 7. The van der Waals surface area contributed by atoms with Gasteiger partial charge in [-0.15, -0.1) is 0 Å². The molecule has 2 aromatic heterocycles. The van der Waals surface area contributed by atoms with E-state index in [0.717, 1.165) is 24.3 Å². The number of alkyl halides is 3. The molecule has 0 aliphatic carbocycles. The van der Waals surface area contributed by atoms with Gasteiger partial charge in [0.2, 0.25) is 0 Å². The van der Waals surface area contributed by atoms with Crippen LogP contribution in [0.2, 0.25) is 0 Å². The third-order valence-corrected chi connectivity index (χ3v) is 6.03. The average Bonchev–Trinajstić information content (AvgIpc) is 3.41. The highest BCUT2D eigenvalue weighted by atomic mass is 19.4. The fourth-order valence-electron chi connectivity index (χ4n) is 4.00. The third kappa shape index (κ3) is 5.01. The van der Waals surface area contributed by atoms with Crippen LogP contribution in [0, 0.1) is 13.8 Å². The number of aromatic nitrogens is 1. The van der Waals surface area contributed by atoms with E-state index in [9.17, 15) is 27.6 Å². The Morgan fingerprint density at radius 3 is 2.26 bits per heavy atom. The maximum Gasteiger partial charge on any atom is 0.416 e. The SMILES string of the molecule is COC(=O)c1c(C)c(C(=O)C(C)N(Cc2ccco2)C(=O)c2ccc(C(F)(F)F)cc2)c(C)n1C. The average molecular weight is 490 g/mol. The summed E-state index contributed by atoms with van der Waals surface area (Å²) >= 11 is 0. The lowest BCUT2D eigenvalue weighted by Crippen LogP contribution is -2.43. The molecule has 0 fully saturated rings. The van der Waals surface area contributed by atoms with Gasteiger partial charge in [0.25, 0.3) is 5.91 Å². The van der Waals surface area contributed by atoms with Crippen molar-refractivity contribution in [1.29, 1.82) is 0 Å². The second kappa shape index (κ2) is 9.81. The first-order valence-electron chi connectivity index (χ1n) is 10.7. The number of benzene rings is 1. The van der Waals surface area contributed by atoms with Crippen LogP contribution in [0.5, 0.6) is 0 Å². The molecule has 186 valence electrons. The number of methoxy groups -OCH3 is 1. The van der Waals surface area contributed by atoms with Crippen molar-refractivity contribution >= 4 is 17.7 Å². The van der Waals surface area contributed by atoms with E-state index in [1.54, 1.807) is 37.6 Å². The number of amides is 1. The lowest BCUT2D eigenvalue weighted by Gasteiger charge is -2.28. The zero-order valence-corrected chi connectivity index (χ0v) is 19.9. The number of hydrogen-bond acceptors (Lipinski definition) is 5. The Balaban J connectivity index is 2.01. The van der Waals surface area contributed by atoms with Gasteiger partial charge in [-0.3, -0.25) is 9.59 Å². The van der Waals surface area contributed by atoms with Gasteiger partial charge in [0, 0.05) is 23.9 Å². The lowest BCUT2D eigenvalue weighted by atomic mass is 9.99. The molecule has 0 spiro atoms. The number of ether oxygens (including phenoxy) is 1. The van der Waals surface area contributed by atoms with Gasteiger partial charge in [-0.25, -0.2) is 4.79 Å². The summed E-state index contributed by atoms with van der Waals surface area (Å²) in [4.78, 5) is 40.5. The highest BCUT2D eigenvalue weighted by Crippen LogP contribution is 2.30. The highest BCUT2D eigenvalue weighted by molar-refractivity contribution is 6.07. The van der Waals surface area contributed by atoms with Crippen LogP contribution in [0.15, 0.2) is 47.1 Å². The third-order valence-electron chi connectivity index (χ3n) is 6.03. The molecule has 35 heavy (non-hydrogen) atoms. The molecular weight excluding hydrogens is 465 g/mol. The minimum absolute atomic E-state index is 0.0130. The molecule has 0 aliphatic heterocycles. The summed E-state index contributed by atoms with van der Waals surface area (Å²) in [6.07, 6.45) is -3.13. The second-order valence-electron chi connectivity index (χ2n) is 8.11. The standard InChI is InChI=1S/C25H25F3N2O5/c1-14-20(15(2)29(4)21(14)24(33)34-5)22(31)16(3)30(13-19-7-6-12-35-19)23(32)17-8-10-18(11-9-17)25(26,27)28/h6-12,16H,13H2,1-5H3. The molecule has 10 heteroatoms. The van der Waals surface area contributed by atoms with Crippen molar-refractivity contribution in [1.82, 2.24) is 9.47 Å². The summed E-state index contributed by atoms with van der Waals surface area (Å²) in [7, 11) is 2.87. The number of carbonyl (C=O) groups is 3. The van der Waals surface area contributed by atoms with E-state index < -0.39 is 35.4 Å². The molecular formula is C25H25F3N2O5. The van der Waals surface area contributed by atoms with Gasteiger partial charge < -0.3 is 18.6 Å². The molecule has 2 heterocycles. The topological polar surface area (TPSA) is 81.8 Å². The molecule has 0 radical (unpaired) electrons. The van der Waals surface area contributed by atoms with Gasteiger partial charge in [-0.1, -0.05) is 0 Å². The van der Waals surface area contributed by atoms with Crippen LogP contribution in [0.1, 0.15) is 60.7 Å². The molecule has 1 atom stereocenters. The Labute approximate surface area is 200 Å². The smallest absolute Gasteiger partial charge is 0.416 e.